The number of carbonyl (C=O) groups is 1. The number of nitrogens with zero attached hydrogens (tertiary/aromatic N) is 1. The Morgan fingerprint density at radius 3 is 2.55 bits per heavy atom. The molecule has 1 amide bonds. The van der Waals surface area contributed by atoms with E-state index in [1.165, 1.54) is 27.5 Å². The Labute approximate surface area is 205 Å². The largest absolute Gasteiger partial charge is 0.488 e. The van der Waals surface area contributed by atoms with Crippen LogP contribution in [0.1, 0.15) is 11.1 Å². The first-order valence-corrected chi connectivity index (χ1v) is 11.9. The number of amides is 1. The Kier molecular flexibility index (Phi) is 7.09. The number of hydrogen-bond donors (Lipinski definition) is 1. The minimum atomic E-state index is -0.329. The average molecular weight is 609 g/mol. The van der Waals surface area contributed by atoms with Crippen molar-refractivity contribution in [3.05, 3.63) is 96.6 Å². The van der Waals surface area contributed by atoms with Gasteiger partial charge in [0.05, 0.1) is 15.1 Å². The molecule has 0 unspecified atom stereocenters. The Morgan fingerprint density at radius 2 is 1.84 bits per heavy atom. The van der Waals surface area contributed by atoms with Crippen molar-refractivity contribution in [1.29, 1.82) is 0 Å². The summed E-state index contributed by atoms with van der Waals surface area (Å²) in [5, 5.41) is 3.19. The number of carbonyl (C=O) groups excluding carboxylic acids is 1. The summed E-state index contributed by atoms with van der Waals surface area (Å²) in [6.07, 6.45) is 1.79. The topological polar surface area (TPSA) is 50.7 Å². The standard InChI is InChI=1S/C23H15BrFIN2O2S/c24-19-11-15(3-10-20(19)30-13-14-1-6-17(26)7-2-14)12-21-22(29)28-23(31-21)27-18-8-4-16(25)5-9-18/h1-12H,13H2,(H,27,28,29)/b21-12+. The zero-order valence-electron chi connectivity index (χ0n) is 15.9. The lowest BCUT2D eigenvalue weighted by Gasteiger charge is -2.09. The van der Waals surface area contributed by atoms with Gasteiger partial charge >= 0.3 is 0 Å². The number of amidine groups is 1. The van der Waals surface area contributed by atoms with E-state index in [4.69, 9.17) is 4.74 Å². The van der Waals surface area contributed by atoms with Gasteiger partial charge in [-0.05, 0) is 116 Å². The Morgan fingerprint density at radius 1 is 1.10 bits per heavy atom. The third kappa shape index (κ3) is 5.96. The molecule has 3 aromatic rings. The minimum Gasteiger partial charge on any atom is -0.488 e. The minimum absolute atomic E-state index is 0.221. The van der Waals surface area contributed by atoms with Crippen LogP contribution in [0.15, 0.2) is 81.1 Å². The monoisotopic (exact) mass is 608 g/mol. The number of aliphatic imine (C=N–C) groups is 1. The van der Waals surface area contributed by atoms with E-state index in [1.807, 2.05) is 42.5 Å². The lowest BCUT2D eigenvalue weighted by molar-refractivity contribution is -0.115. The molecule has 0 spiro atoms. The van der Waals surface area contributed by atoms with Crippen molar-refractivity contribution in [3.63, 3.8) is 0 Å². The number of benzene rings is 3. The van der Waals surface area contributed by atoms with Crippen LogP contribution in [0.3, 0.4) is 0 Å². The van der Waals surface area contributed by atoms with E-state index < -0.39 is 0 Å². The van der Waals surface area contributed by atoms with Crippen LogP contribution < -0.4 is 10.1 Å². The molecule has 0 radical (unpaired) electrons. The summed E-state index contributed by atoms with van der Waals surface area (Å²) in [6, 6.07) is 19.6. The second kappa shape index (κ2) is 9.97. The molecule has 0 atom stereocenters. The van der Waals surface area contributed by atoms with Crippen LogP contribution in [0.2, 0.25) is 0 Å². The summed E-state index contributed by atoms with van der Waals surface area (Å²) < 4.78 is 20.9. The van der Waals surface area contributed by atoms with Crippen molar-refractivity contribution in [2.75, 3.05) is 0 Å². The molecule has 3 aromatic carbocycles. The van der Waals surface area contributed by atoms with E-state index in [0.29, 0.717) is 22.4 Å². The summed E-state index contributed by atoms with van der Waals surface area (Å²) in [5.41, 5.74) is 2.52. The maximum Gasteiger partial charge on any atom is 0.264 e. The molecule has 0 aromatic heterocycles. The van der Waals surface area contributed by atoms with Crippen molar-refractivity contribution in [2.45, 2.75) is 6.61 Å². The Hall–Kier alpha value is -2.17. The van der Waals surface area contributed by atoms with Crippen LogP contribution in [0.4, 0.5) is 10.1 Å². The number of thioether (sulfide) groups is 1. The quantitative estimate of drug-likeness (QED) is 0.260. The fourth-order valence-corrected chi connectivity index (χ4v) is 4.44. The van der Waals surface area contributed by atoms with Crippen LogP contribution in [0.5, 0.6) is 5.75 Å². The molecule has 8 heteroatoms. The summed E-state index contributed by atoms with van der Waals surface area (Å²) in [7, 11) is 0. The molecule has 1 N–H and O–H groups in total. The molecular weight excluding hydrogens is 594 g/mol. The first kappa shape index (κ1) is 22.0. The highest BCUT2D eigenvalue weighted by Crippen LogP contribution is 2.31. The molecular formula is C23H15BrFIN2O2S. The van der Waals surface area contributed by atoms with Crippen molar-refractivity contribution in [3.8, 4) is 5.75 Å². The summed E-state index contributed by atoms with van der Waals surface area (Å²) in [5.74, 6) is 0.174. The van der Waals surface area contributed by atoms with Gasteiger partial charge in [0.15, 0.2) is 5.17 Å². The van der Waals surface area contributed by atoms with E-state index >= 15 is 0 Å². The zero-order valence-corrected chi connectivity index (χ0v) is 20.5. The fraction of sp³-hybridized carbons (Fsp3) is 0.0435. The highest BCUT2D eigenvalue weighted by atomic mass is 127. The predicted molar refractivity (Wildman–Crippen MR) is 135 cm³/mol. The maximum atomic E-state index is 13.0. The van der Waals surface area contributed by atoms with Gasteiger partial charge in [-0.3, -0.25) is 4.79 Å². The molecule has 156 valence electrons. The Bertz CT molecular complexity index is 1180. The molecule has 0 bridgehead atoms. The van der Waals surface area contributed by atoms with Crippen molar-refractivity contribution >= 4 is 73.1 Å². The Balaban J connectivity index is 1.44. The van der Waals surface area contributed by atoms with Gasteiger partial charge in [-0.2, -0.15) is 0 Å². The number of rotatable bonds is 5. The lowest BCUT2D eigenvalue weighted by atomic mass is 10.2. The van der Waals surface area contributed by atoms with E-state index in [-0.39, 0.29) is 11.7 Å². The van der Waals surface area contributed by atoms with Gasteiger partial charge in [-0.1, -0.05) is 18.2 Å². The SMILES string of the molecule is O=C1NC(=Nc2ccc(F)cc2)S/C1=C/c1ccc(OCc2ccc(I)cc2)c(Br)c1. The van der Waals surface area contributed by atoms with Gasteiger partial charge in [-0.15, -0.1) is 0 Å². The number of halogens is 3. The molecule has 4 rings (SSSR count). The number of hydrogen-bond acceptors (Lipinski definition) is 4. The van der Waals surface area contributed by atoms with Crippen molar-refractivity contribution in [2.24, 2.45) is 4.99 Å². The second-order valence-electron chi connectivity index (χ2n) is 6.56. The second-order valence-corrected chi connectivity index (χ2v) is 9.69. The van der Waals surface area contributed by atoms with E-state index in [0.717, 1.165) is 21.3 Å². The third-order valence-electron chi connectivity index (χ3n) is 4.27. The van der Waals surface area contributed by atoms with Gasteiger partial charge in [0, 0.05) is 3.57 Å². The molecule has 31 heavy (non-hydrogen) atoms. The highest BCUT2D eigenvalue weighted by molar-refractivity contribution is 14.1. The first-order chi connectivity index (χ1) is 15.0. The summed E-state index contributed by atoms with van der Waals surface area (Å²) >= 11 is 7.05. The van der Waals surface area contributed by atoms with Crippen molar-refractivity contribution < 1.29 is 13.9 Å². The van der Waals surface area contributed by atoms with Gasteiger partial charge < -0.3 is 10.1 Å². The molecule has 1 saturated heterocycles. The zero-order chi connectivity index (χ0) is 21.8. The maximum absolute atomic E-state index is 13.0. The van der Waals surface area contributed by atoms with Crippen LogP contribution in [-0.2, 0) is 11.4 Å². The van der Waals surface area contributed by atoms with E-state index in [1.54, 1.807) is 18.2 Å². The van der Waals surface area contributed by atoms with Gasteiger partial charge in [-0.25, -0.2) is 9.38 Å². The predicted octanol–water partition coefficient (Wildman–Crippen LogP) is 6.66. The molecule has 0 aliphatic carbocycles. The molecule has 1 fully saturated rings. The van der Waals surface area contributed by atoms with Crippen molar-refractivity contribution in [1.82, 2.24) is 5.32 Å². The molecule has 1 heterocycles. The fourth-order valence-electron chi connectivity index (χ4n) is 2.73. The molecule has 0 saturated carbocycles. The van der Waals surface area contributed by atoms with Gasteiger partial charge in [0.25, 0.3) is 5.91 Å². The van der Waals surface area contributed by atoms with Gasteiger partial charge in [0.2, 0.25) is 0 Å². The smallest absolute Gasteiger partial charge is 0.264 e. The van der Waals surface area contributed by atoms with Crippen LogP contribution in [-0.4, -0.2) is 11.1 Å². The molecule has 4 nitrogen and oxygen atoms in total. The molecule has 1 aliphatic rings. The van der Waals surface area contributed by atoms with Crippen LogP contribution in [0, 0.1) is 9.39 Å². The number of ether oxygens (including phenoxy) is 1. The average Bonchev–Trinajstić information content (AvgIpc) is 3.09. The highest BCUT2D eigenvalue weighted by Gasteiger charge is 2.23. The third-order valence-corrected chi connectivity index (χ3v) is 6.52. The number of nitrogens with one attached hydrogen (secondary N) is 1. The lowest BCUT2D eigenvalue weighted by Crippen LogP contribution is -2.19. The van der Waals surface area contributed by atoms with Crippen LogP contribution >= 0.6 is 50.3 Å². The van der Waals surface area contributed by atoms with Gasteiger partial charge in [0.1, 0.15) is 18.2 Å². The summed E-state index contributed by atoms with van der Waals surface area (Å²) in [6.45, 7) is 0.470. The van der Waals surface area contributed by atoms with E-state index in [2.05, 4.69) is 48.8 Å². The summed E-state index contributed by atoms with van der Waals surface area (Å²) in [4.78, 5) is 17.2. The normalized spacial score (nSPS) is 16.0. The first-order valence-electron chi connectivity index (χ1n) is 9.18. The van der Waals surface area contributed by atoms with E-state index in [9.17, 15) is 9.18 Å². The molecule has 1 aliphatic heterocycles. The van der Waals surface area contributed by atoms with Crippen LogP contribution in [0.25, 0.3) is 6.08 Å².